The van der Waals surface area contributed by atoms with Gasteiger partial charge in [0.2, 0.25) is 5.91 Å². The molecule has 0 aliphatic rings. The van der Waals surface area contributed by atoms with Crippen molar-refractivity contribution in [1.29, 1.82) is 0 Å². The lowest BCUT2D eigenvalue weighted by Crippen LogP contribution is -2.31. The van der Waals surface area contributed by atoms with E-state index in [1.54, 1.807) is 33.1 Å². The molecular formula is C16H18N4O4. The molecule has 1 amide bonds. The Labute approximate surface area is 137 Å². The summed E-state index contributed by atoms with van der Waals surface area (Å²) in [6, 6.07) is 7.22. The number of ether oxygens (including phenoxy) is 1. The summed E-state index contributed by atoms with van der Waals surface area (Å²) in [5.74, 6) is 0.270. The Kier molecular flexibility index (Phi) is 5.31. The monoisotopic (exact) mass is 330 g/mol. The number of hydrazone groups is 1. The van der Waals surface area contributed by atoms with Crippen LogP contribution < -0.4 is 21.4 Å². The minimum Gasteiger partial charge on any atom is -0.497 e. The van der Waals surface area contributed by atoms with Crippen molar-refractivity contribution in [2.45, 2.75) is 20.3 Å². The van der Waals surface area contributed by atoms with Gasteiger partial charge in [-0.15, -0.1) is 0 Å². The zero-order chi connectivity index (χ0) is 17.7. The van der Waals surface area contributed by atoms with Gasteiger partial charge in [-0.05, 0) is 43.7 Å². The van der Waals surface area contributed by atoms with Crippen LogP contribution in [0, 0.1) is 6.92 Å². The molecule has 8 nitrogen and oxygen atoms in total. The Balaban J connectivity index is 2.07. The van der Waals surface area contributed by atoms with Crippen LogP contribution in [0.3, 0.4) is 0 Å². The van der Waals surface area contributed by atoms with Crippen molar-refractivity contribution in [2.75, 3.05) is 7.11 Å². The van der Waals surface area contributed by atoms with E-state index in [0.29, 0.717) is 11.4 Å². The van der Waals surface area contributed by atoms with Crippen molar-refractivity contribution >= 4 is 11.6 Å². The molecule has 0 unspecified atom stereocenters. The van der Waals surface area contributed by atoms with Crippen LogP contribution in [0.5, 0.6) is 5.75 Å². The van der Waals surface area contributed by atoms with Gasteiger partial charge in [0.15, 0.2) is 0 Å². The number of nitrogens with one attached hydrogen (secondary N) is 3. The van der Waals surface area contributed by atoms with Gasteiger partial charge >= 0.3 is 5.69 Å². The van der Waals surface area contributed by atoms with E-state index in [9.17, 15) is 14.4 Å². The summed E-state index contributed by atoms with van der Waals surface area (Å²) >= 11 is 0. The maximum atomic E-state index is 12.0. The topological polar surface area (TPSA) is 116 Å². The molecule has 8 heteroatoms. The zero-order valence-corrected chi connectivity index (χ0v) is 13.6. The van der Waals surface area contributed by atoms with E-state index < -0.39 is 17.2 Å². The molecule has 24 heavy (non-hydrogen) atoms. The summed E-state index contributed by atoms with van der Waals surface area (Å²) in [4.78, 5) is 39.3. The molecule has 0 fully saturated rings. The van der Waals surface area contributed by atoms with Crippen LogP contribution in [0.15, 0.2) is 39.0 Å². The molecule has 1 aromatic carbocycles. The second-order valence-corrected chi connectivity index (χ2v) is 5.15. The summed E-state index contributed by atoms with van der Waals surface area (Å²) in [6.07, 6.45) is -0.183. The van der Waals surface area contributed by atoms with Crippen molar-refractivity contribution in [1.82, 2.24) is 15.4 Å². The van der Waals surface area contributed by atoms with Crippen LogP contribution in [0.1, 0.15) is 23.7 Å². The molecule has 0 spiro atoms. The lowest BCUT2D eigenvalue weighted by atomic mass is 10.1. The van der Waals surface area contributed by atoms with Gasteiger partial charge in [0.05, 0.1) is 19.2 Å². The predicted molar refractivity (Wildman–Crippen MR) is 89.5 cm³/mol. The average Bonchev–Trinajstić information content (AvgIpc) is 2.56. The third kappa shape index (κ3) is 4.19. The molecule has 1 heterocycles. The van der Waals surface area contributed by atoms with E-state index in [-0.39, 0.29) is 12.0 Å². The molecule has 1 aromatic heterocycles. The Morgan fingerprint density at radius 3 is 2.46 bits per heavy atom. The molecule has 2 aromatic rings. The number of carbonyl (C=O) groups is 1. The van der Waals surface area contributed by atoms with E-state index in [1.165, 1.54) is 0 Å². The smallest absolute Gasteiger partial charge is 0.325 e. The standard InChI is InChI=1S/C16H18N4O4/c1-9(11-4-6-12(24-3)7-5-11)19-20-14(21)8-13-10(2)17-16(23)18-15(13)22/h4-7H,8H2,1-3H3,(H,20,21)(H2,17,18,22,23). The number of amides is 1. The summed E-state index contributed by atoms with van der Waals surface area (Å²) in [5.41, 5.74) is 3.21. The summed E-state index contributed by atoms with van der Waals surface area (Å²) < 4.78 is 5.08. The highest BCUT2D eigenvalue weighted by Gasteiger charge is 2.11. The minimum absolute atomic E-state index is 0.183. The van der Waals surface area contributed by atoms with Gasteiger partial charge in [0, 0.05) is 11.3 Å². The molecule has 0 bridgehead atoms. The van der Waals surface area contributed by atoms with E-state index in [4.69, 9.17) is 4.74 Å². The SMILES string of the molecule is COc1ccc(C(C)=NNC(=O)Cc2c(C)[nH]c(=O)[nH]c2=O)cc1. The van der Waals surface area contributed by atoms with Gasteiger partial charge in [-0.3, -0.25) is 14.6 Å². The largest absolute Gasteiger partial charge is 0.497 e. The maximum Gasteiger partial charge on any atom is 0.325 e. The first kappa shape index (κ1) is 17.2. The van der Waals surface area contributed by atoms with E-state index in [0.717, 1.165) is 11.3 Å². The second-order valence-electron chi connectivity index (χ2n) is 5.15. The van der Waals surface area contributed by atoms with Crippen LogP contribution in [0.2, 0.25) is 0 Å². The predicted octanol–water partition coefficient (Wildman–Crippen LogP) is 0.463. The molecule has 2 rings (SSSR count). The van der Waals surface area contributed by atoms with E-state index in [1.807, 2.05) is 12.1 Å². The summed E-state index contributed by atoms with van der Waals surface area (Å²) in [6.45, 7) is 3.31. The van der Waals surface area contributed by atoms with Crippen molar-refractivity contribution < 1.29 is 9.53 Å². The fourth-order valence-corrected chi connectivity index (χ4v) is 2.08. The number of methoxy groups -OCH3 is 1. The number of aromatic amines is 2. The highest BCUT2D eigenvalue weighted by atomic mass is 16.5. The van der Waals surface area contributed by atoms with Crippen LogP contribution in [0.25, 0.3) is 0 Å². The molecule has 3 N–H and O–H groups in total. The minimum atomic E-state index is -0.602. The number of rotatable bonds is 5. The quantitative estimate of drug-likeness (QED) is 0.545. The lowest BCUT2D eigenvalue weighted by molar-refractivity contribution is -0.120. The highest BCUT2D eigenvalue weighted by molar-refractivity contribution is 5.99. The Hall–Kier alpha value is -3.16. The first-order chi connectivity index (χ1) is 11.4. The first-order valence-electron chi connectivity index (χ1n) is 7.20. The van der Waals surface area contributed by atoms with Crippen molar-refractivity contribution in [3.8, 4) is 5.75 Å². The van der Waals surface area contributed by atoms with Gasteiger partial charge in [-0.2, -0.15) is 5.10 Å². The van der Waals surface area contributed by atoms with E-state index >= 15 is 0 Å². The third-order valence-electron chi connectivity index (χ3n) is 3.45. The van der Waals surface area contributed by atoms with Gasteiger partial charge in [0.1, 0.15) is 5.75 Å². The third-order valence-corrected chi connectivity index (χ3v) is 3.45. The van der Waals surface area contributed by atoms with Gasteiger partial charge < -0.3 is 9.72 Å². The van der Waals surface area contributed by atoms with Crippen molar-refractivity contribution in [2.24, 2.45) is 5.10 Å². The number of carbonyl (C=O) groups excluding carboxylic acids is 1. The van der Waals surface area contributed by atoms with Crippen molar-refractivity contribution in [3.05, 3.63) is 61.9 Å². The summed E-state index contributed by atoms with van der Waals surface area (Å²) in [5, 5.41) is 4.01. The highest BCUT2D eigenvalue weighted by Crippen LogP contribution is 2.11. The summed E-state index contributed by atoms with van der Waals surface area (Å²) in [7, 11) is 1.58. The van der Waals surface area contributed by atoms with Crippen LogP contribution in [-0.2, 0) is 11.2 Å². The fourth-order valence-electron chi connectivity index (χ4n) is 2.08. The number of H-pyrrole nitrogens is 2. The van der Waals surface area contributed by atoms with E-state index in [2.05, 4.69) is 20.5 Å². The number of aryl methyl sites for hydroxylation is 1. The molecule has 126 valence electrons. The zero-order valence-electron chi connectivity index (χ0n) is 13.6. The normalized spacial score (nSPS) is 11.2. The molecule has 0 aliphatic heterocycles. The lowest BCUT2D eigenvalue weighted by Gasteiger charge is -2.05. The molecule has 0 radical (unpaired) electrons. The number of hydrogen-bond acceptors (Lipinski definition) is 5. The van der Waals surface area contributed by atoms with Gasteiger partial charge in [0.25, 0.3) is 5.56 Å². The van der Waals surface area contributed by atoms with Crippen LogP contribution in [0.4, 0.5) is 0 Å². The molecule has 0 saturated carbocycles. The fraction of sp³-hybridized carbons (Fsp3) is 0.250. The number of benzene rings is 1. The van der Waals surface area contributed by atoms with Gasteiger partial charge in [-0.1, -0.05) is 0 Å². The number of hydrogen-bond donors (Lipinski definition) is 3. The Morgan fingerprint density at radius 1 is 1.21 bits per heavy atom. The molecular weight excluding hydrogens is 312 g/mol. The average molecular weight is 330 g/mol. The van der Waals surface area contributed by atoms with Crippen LogP contribution >= 0.6 is 0 Å². The maximum absolute atomic E-state index is 12.0. The first-order valence-corrected chi connectivity index (χ1v) is 7.20. The molecule has 0 aliphatic carbocycles. The number of aromatic nitrogens is 2. The number of nitrogens with zero attached hydrogens (tertiary/aromatic N) is 1. The molecule has 0 atom stereocenters. The Bertz CT molecular complexity index is 878. The molecule has 0 saturated heterocycles. The van der Waals surface area contributed by atoms with Crippen LogP contribution in [-0.4, -0.2) is 28.7 Å². The van der Waals surface area contributed by atoms with Gasteiger partial charge in [-0.25, -0.2) is 10.2 Å². The second kappa shape index (κ2) is 7.40. The van der Waals surface area contributed by atoms with Crippen molar-refractivity contribution in [3.63, 3.8) is 0 Å². The Morgan fingerprint density at radius 2 is 1.88 bits per heavy atom.